The first-order valence-electron chi connectivity index (χ1n) is 34.0. The van der Waals surface area contributed by atoms with E-state index in [0.717, 1.165) is 136 Å². The number of hydrogen-bond acceptors (Lipinski definition) is 0. The first kappa shape index (κ1) is 62.3. The molecule has 0 aliphatic heterocycles. The van der Waals surface area contributed by atoms with Gasteiger partial charge in [-0.15, -0.1) is 0 Å². The molecule has 0 aromatic heterocycles. The second-order valence-corrected chi connectivity index (χ2v) is 24.7. The Morgan fingerprint density at radius 1 is 0.200 bits per heavy atom. The van der Waals surface area contributed by atoms with Crippen LogP contribution in [0, 0.1) is 47.4 Å². The number of hydrogen-bond donors (Lipinski definition) is 0. The van der Waals surface area contributed by atoms with Crippen molar-refractivity contribution in [3.63, 3.8) is 0 Å². The van der Waals surface area contributed by atoms with Gasteiger partial charge in [-0.25, -0.2) is 0 Å². The van der Waals surface area contributed by atoms with E-state index in [1.807, 2.05) is 0 Å². The van der Waals surface area contributed by atoms with Gasteiger partial charge < -0.3 is 0 Å². The van der Waals surface area contributed by atoms with Crippen molar-refractivity contribution in [1.29, 1.82) is 0 Å². The lowest BCUT2D eigenvalue weighted by Crippen LogP contribution is -1.92. The van der Waals surface area contributed by atoms with E-state index in [1.54, 1.807) is 0 Å². The number of fused-ring (bicyclic) bond motifs is 4. The lowest BCUT2D eigenvalue weighted by atomic mass is 9.89. The minimum absolute atomic E-state index is 1.02. The zero-order valence-corrected chi connectivity index (χ0v) is 53.8. The van der Waals surface area contributed by atoms with Crippen LogP contribution >= 0.6 is 0 Å². The van der Waals surface area contributed by atoms with Gasteiger partial charge in [0.2, 0.25) is 0 Å². The number of aryl methyl sites for hydroxylation is 4. The van der Waals surface area contributed by atoms with Crippen molar-refractivity contribution in [3.05, 3.63) is 273 Å². The first-order valence-corrected chi connectivity index (χ1v) is 34.0. The molecule has 0 spiro atoms. The van der Waals surface area contributed by atoms with Crippen molar-refractivity contribution in [2.24, 2.45) is 0 Å². The van der Waals surface area contributed by atoms with Gasteiger partial charge >= 0.3 is 0 Å². The van der Waals surface area contributed by atoms with E-state index >= 15 is 0 Å². The molecule has 0 amide bonds. The van der Waals surface area contributed by atoms with Gasteiger partial charge in [-0.05, 0) is 200 Å². The smallest absolute Gasteiger partial charge is 0.0407 e. The third kappa shape index (κ3) is 15.9. The number of benzene rings is 11. The van der Waals surface area contributed by atoms with Crippen LogP contribution in [0.4, 0.5) is 0 Å². The van der Waals surface area contributed by atoms with Crippen molar-refractivity contribution >= 4 is 43.1 Å². The predicted octanol–water partition coefficient (Wildman–Crippen LogP) is 23.7. The Hall–Kier alpha value is -9.30. The van der Waals surface area contributed by atoms with Crippen LogP contribution in [0.25, 0.3) is 65.3 Å². The Bertz CT molecular complexity index is 4190. The van der Waals surface area contributed by atoms with Crippen LogP contribution < -0.4 is 0 Å². The first-order chi connectivity index (χ1) is 44.5. The van der Waals surface area contributed by atoms with E-state index in [4.69, 9.17) is 0 Å². The Morgan fingerprint density at radius 3 is 0.689 bits per heavy atom. The molecule has 0 aliphatic carbocycles. The van der Waals surface area contributed by atoms with Crippen LogP contribution in [0.15, 0.2) is 206 Å². The normalized spacial score (nSPS) is 11.0. The maximum absolute atomic E-state index is 3.74. The highest BCUT2D eigenvalue weighted by Crippen LogP contribution is 2.38. The molecule has 11 rings (SSSR count). The van der Waals surface area contributed by atoms with Gasteiger partial charge in [0.05, 0.1) is 0 Å². The van der Waals surface area contributed by atoms with Crippen molar-refractivity contribution in [1.82, 2.24) is 0 Å². The molecule has 0 saturated carbocycles. The van der Waals surface area contributed by atoms with E-state index in [1.165, 1.54) is 125 Å². The van der Waals surface area contributed by atoms with Crippen LogP contribution in [0.2, 0.25) is 0 Å². The Morgan fingerprint density at radius 2 is 0.433 bits per heavy atom. The monoisotopic (exact) mass is 1170 g/mol. The summed E-state index contributed by atoms with van der Waals surface area (Å²) in [7, 11) is 0. The van der Waals surface area contributed by atoms with Gasteiger partial charge in [0.15, 0.2) is 0 Å². The molecular formula is C90H86. The van der Waals surface area contributed by atoms with Crippen LogP contribution in [-0.4, -0.2) is 0 Å². The van der Waals surface area contributed by atoms with Crippen molar-refractivity contribution < 1.29 is 0 Å². The van der Waals surface area contributed by atoms with Gasteiger partial charge in [0.25, 0.3) is 0 Å². The lowest BCUT2D eigenvalue weighted by molar-refractivity contribution is 0.667. The second-order valence-electron chi connectivity index (χ2n) is 24.7. The minimum atomic E-state index is 1.02. The summed E-state index contributed by atoms with van der Waals surface area (Å²) in [4.78, 5) is 0. The molecule has 0 radical (unpaired) electrons. The van der Waals surface area contributed by atoms with Crippen LogP contribution in [-0.2, 0) is 25.7 Å². The summed E-state index contributed by atoms with van der Waals surface area (Å²) in [6.07, 6.45) is 24.6. The summed E-state index contributed by atoms with van der Waals surface area (Å²) in [6.45, 7) is 9.08. The Balaban J connectivity index is 0.970. The highest BCUT2D eigenvalue weighted by atomic mass is 14.2. The molecule has 11 aromatic carbocycles. The van der Waals surface area contributed by atoms with E-state index < -0.39 is 0 Å². The molecule has 0 unspecified atom stereocenters. The molecule has 0 nitrogen and oxygen atoms in total. The minimum Gasteiger partial charge on any atom is -0.0654 e. The zero-order chi connectivity index (χ0) is 61.7. The summed E-state index contributed by atoms with van der Waals surface area (Å²) in [5.41, 5.74) is 18.2. The third-order valence-electron chi connectivity index (χ3n) is 18.0. The average Bonchev–Trinajstić information content (AvgIpc) is 0.804. The van der Waals surface area contributed by atoms with Crippen LogP contribution in [0.1, 0.15) is 197 Å². The molecule has 446 valence electrons. The molecule has 0 bridgehead atoms. The van der Waals surface area contributed by atoms with E-state index in [2.05, 4.69) is 281 Å². The average molecular weight is 1170 g/mol. The lowest BCUT2D eigenvalue weighted by Gasteiger charge is -2.14. The molecule has 11 aromatic rings. The number of rotatable bonds is 22. The van der Waals surface area contributed by atoms with E-state index in [-0.39, 0.29) is 0 Å². The van der Waals surface area contributed by atoms with E-state index in [0.29, 0.717) is 0 Å². The summed E-state index contributed by atoms with van der Waals surface area (Å²) >= 11 is 0. The van der Waals surface area contributed by atoms with Crippen molar-refractivity contribution in [3.8, 4) is 69.6 Å². The largest absolute Gasteiger partial charge is 0.0654 e. The van der Waals surface area contributed by atoms with Crippen LogP contribution in [0.5, 0.6) is 0 Å². The quantitative estimate of drug-likeness (QED) is 0.0360. The number of unbranched alkanes of at least 4 members (excludes halogenated alkanes) is 12. The van der Waals surface area contributed by atoms with Crippen LogP contribution in [0.3, 0.4) is 0 Å². The molecule has 0 heteroatoms. The third-order valence-corrected chi connectivity index (χ3v) is 18.0. The molecule has 90 heavy (non-hydrogen) atoms. The molecule has 0 aliphatic rings. The van der Waals surface area contributed by atoms with E-state index in [9.17, 15) is 0 Å². The predicted molar refractivity (Wildman–Crippen MR) is 388 cm³/mol. The second kappa shape index (κ2) is 31.7. The highest BCUT2D eigenvalue weighted by Gasteiger charge is 2.16. The van der Waals surface area contributed by atoms with Gasteiger partial charge in [-0.2, -0.15) is 0 Å². The topological polar surface area (TPSA) is 0 Å². The fourth-order valence-corrected chi connectivity index (χ4v) is 12.7. The maximum Gasteiger partial charge on any atom is 0.0407 e. The van der Waals surface area contributed by atoms with Gasteiger partial charge in [0.1, 0.15) is 0 Å². The highest BCUT2D eigenvalue weighted by molar-refractivity contribution is 6.12. The standard InChI is InChI=1S/C90H86/c1-5-9-13-17-25-67-33-41-71(42-34-67)49-59-83-79-29-21-23-31-81(79)85(61-51-73-45-37-69(38-46-73)27-19-15-11-7-3)89-65-77(57-63-87(83)89)75-53-55-76(56-54-75)78-58-64-88-84(60-50-72-43-35-68(36-44-72)26-18-14-10-6-2)80-30-22-24-32-82(80)86(90(88)66-78)62-52-74-47-39-70(40-48-74)28-20-16-12-8-4/h21-24,29-48,53-58,63-66H,5-20,25-28H2,1-4H3. The summed E-state index contributed by atoms with van der Waals surface area (Å²) in [6, 6.07) is 75.9. The molecule has 0 saturated heterocycles. The molecule has 0 atom stereocenters. The summed E-state index contributed by atoms with van der Waals surface area (Å²) in [5.74, 6) is 29.3. The molecular weight excluding hydrogens is 1080 g/mol. The SMILES string of the molecule is CCCCCCc1ccc(C#Cc2c3ccccc3c(C#Cc3ccc(CCCCCC)cc3)c3cc(-c4ccc(-c5ccc6c(C#Cc7ccc(CCCCCC)cc7)c7ccccc7c(C#Cc7ccc(CCCCCC)cc7)c6c5)cc4)ccc23)cc1. The summed E-state index contributed by atoms with van der Waals surface area (Å²) in [5, 5.41) is 8.87. The Labute approximate surface area is 538 Å². The summed E-state index contributed by atoms with van der Waals surface area (Å²) < 4.78 is 0. The maximum atomic E-state index is 3.74. The van der Waals surface area contributed by atoms with Gasteiger partial charge in [0, 0.05) is 44.5 Å². The zero-order valence-electron chi connectivity index (χ0n) is 53.8. The molecule has 0 fully saturated rings. The fraction of sp³-hybridized carbons (Fsp3) is 0.267. The van der Waals surface area contributed by atoms with Crippen molar-refractivity contribution in [2.45, 2.75) is 156 Å². The van der Waals surface area contributed by atoms with Crippen molar-refractivity contribution in [2.75, 3.05) is 0 Å². The van der Waals surface area contributed by atoms with Gasteiger partial charge in [-0.1, -0.05) is 298 Å². The fourth-order valence-electron chi connectivity index (χ4n) is 12.7. The molecule has 0 N–H and O–H groups in total. The molecule has 0 heterocycles. The Kier molecular flexibility index (Phi) is 22.0. The van der Waals surface area contributed by atoms with Gasteiger partial charge in [-0.3, -0.25) is 0 Å².